The number of nitrogens with zero attached hydrogens (tertiary/aromatic N) is 1. The lowest BCUT2D eigenvalue weighted by molar-refractivity contribution is -0.143. The summed E-state index contributed by atoms with van der Waals surface area (Å²) in [7, 11) is 0. The standard InChI is InChI=1S/C21H18Br2N2O3/c22-18-12-8-13(19(18)23)17-16(12)20(27)25(21(17)28)9-15(26)24-14-7-3-5-10-4-1-2-6-11(10)14/h1-7,12-13,16-19H,8-9H2,(H,24,26)/t12-,13-,16-,17+,18+,19+/m1/s1. The quantitative estimate of drug-likeness (QED) is 0.512. The number of likely N-dealkylation sites (tertiary alicyclic amines) is 1. The highest BCUT2D eigenvalue weighted by molar-refractivity contribution is 9.12. The van der Waals surface area contributed by atoms with E-state index in [4.69, 9.17) is 0 Å². The Hall–Kier alpha value is -1.73. The van der Waals surface area contributed by atoms with E-state index in [9.17, 15) is 14.4 Å². The van der Waals surface area contributed by atoms with Crippen molar-refractivity contribution in [3.8, 4) is 0 Å². The van der Waals surface area contributed by atoms with Crippen LogP contribution in [0, 0.1) is 23.7 Å². The number of amides is 3. The van der Waals surface area contributed by atoms with E-state index in [-0.39, 0.29) is 57.6 Å². The molecule has 2 aromatic rings. The molecule has 3 fully saturated rings. The van der Waals surface area contributed by atoms with Crippen molar-refractivity contribution in [2.45, 2.75) is 16.1 Å². The highest BCUT2D eigenvalue weighted by Crippen LogP contribution is 2.60. The molecular weight excluding hydrogens is 488 g/mol. The van der Waals surface area contributed by atoms with Crippen molar-refractivity contribution < 1.29 is 14.4 Å². The van der Waals surface area contributed by atoms with E-state index in [1.807, 2.05) is 42.5 Å². The number of carbonyl (C=O) groups excluding carboxylic acids is 3. The van der Waals surface area contributed by atoms with Crippen LogP contribution in [0.5, 0.6) is 0 Å². The van der Waals surface area contributed by atoms with Crippen LogP contribution in [0.15, 0.2) is 42.5 Å². The summed E-state index contributed by atoms with van der Waals surface area (Å²) in [5, 5.41) is 4.82. The fraction of sp³-hybridized carbons (Fsp3) is 0.381. The molecule has 2 aliphatic carbocycles. The van der Waals surface area contributed by atoms with Gasteiger partial charge in [-0.15, -0.1) is 0 Å². The summed E-state index contributed by atoms with van der Waals surface area (Å²) in [5.41, 5.74) is 0.684. The van der Waals surface area contributed by atoms with Crippen LogP contribution in [0.25, 0.3) is 10.8 Å². The van der Waals surface area contributed by atoms with Gasteiger partial charge in [0.1, 0.15) is 6.54 Å². The molecule has 7 heteroatoms. The van der Waals surface area contributed by atoms with Crippen LogP contribution in [-0.4, -0.2) is 38.8 Å². The second-order valence-electron chi connectivity index (χ2n) is 7.84. The van der Waals surface area contributed by atoms with Crippen molar-refractivity contribution in [3.05, 3.63) is 42.5 Å². The molecule has 0 aromatic heterocycles. The zero-order valence-corrected chi connectivity index (χ0v) is 18.0. The number of rotatable bonds is 3. The fourth-order valence-corrected chi connectivity index (χ4v) is 7.11. The summed E-state index contributed by atoms with van der Waals surface area (Å²) in [4.78, 5) is 40.1. The number of hydrogen-bond donors (Lipinski definition) is 1. The van der Waals surface area contributed by atoms with E-state index in [1.54, 1.807) is 0 Å². The Kier molecular flexibility index (Phi) is 4.36. The van der Waals surface area contributed by atoms with Gasteiger partial charge in [0.15, 0.2) is 0 Å². The fourth-order valence-electron chi connectivity index (χ4n) is 5.23. The molecule has 3 amide bonds. The SMILES string of the molecule is O=C(CN1C(=O)[C@@H]2[C@H]3C[C@@H]([C@H](Br)[C@H]3Br)[C@@H]2C1=O)Nc1cccc2ccccc12. The molecule has 28 heavy (non-hydrogen) atoms. The molecule has 3 aliphatic rings. The number of carbonyl (C=O) groups is 3. The molecule has 1 aliphatic heterocycles. The van der Waals surface area contributed by atoms with Gasteiger partial charge < -0.3 is 5.32 Å². The zero-order valence-electron chi connectivity index (χ0n) is 14.8. The smallest absolute Gasteiger partial charge is 0.244 e. The number of nitrogens with one attached hydrogen (secondary N) is 1. The van der Waals surface area contributed by atoms with Gasteiger partial charge >= 0.3 is 0 Å². The number of halogens is 2. The Labute approximate surface area is 179 Å². The summed E-state index contributed by atoms with van der Waals surface area (Å²) in [6, 6.07) is 13.4. The van der Waals surface area contributed by atoms with Crippen LogP contribution in [-0.2, 0) is 14.4 Å². The number of imide groups is 1. The van der Waals surface area contributed by atoms with Crippen LogP contribution in [0.4, 0.5) is 5.69 Å². The van der Waals surface area contributed by atoms with Gasteiger partial charge in [-0.25, -0.2) is 0 Å². The van der Waals surface area contributed by atoms with Gasteiger partial charge in [0.25, 0.3) is 0 Å². The van der Waals surface area contributed by atoms with Gasteiger partial charge in [0.05, 0.1) is 11.8 Å². The normalized spacial score (nSPS) is 33.6. The Morgan fingerprint density at radius 2 is 1.57 bits per heavy atom. The molecular formula is C21H18Br2N2O3. The molecule has 2 aromatic carbocycles. The largest absolute Gasteiger partial charge is 0.324 e. The molecule has 5 rings (SSSR count). The minimum absolute atomic E-state index is 0.155. The van der Waals surface area contributed by atoms with Crippen molar-refractivity contribution >= 4 is 66.0 Å². The highest BCUT2D eigenvalue weighted by Gasteiger charge is 2.66. The van der Waals surface area contributed by atoms with E-state index in [0.717, 1.165) is 17.2 Å². The first kappa shape index (κ1) is 18.3. The van der Waals surface area contributed by atoms with Crippen LogP contribution < -0.4 is 5.32 Å². The molecule has 2 saturated carbocycles. The molecule has 0 spiro atoms. The van der Waals surface area contributed by atoms with Gasteiger partial charge in [-0.1, -0.05) is 68.3 Å². The topological polar surface area (TPSA) is 66.5 Å². The predicted molar refractivity (Wildman–Crippen MR) is 113 cm³/mol. The number of alkyl halides is 2. The number of hydrogen-bond acceptors (Lipinski definition) is 3. The number of anilines is 1. The third-order valence-corrected chi connectivity index (χ3v) is 9.65. The lowest BCUT2D eigenvalue weighted by Gasteiger charge is -2.28. The number of fused-ring (bicyclic) bond motifs is 6. The maximum atomic E-state index is 12.9. The van der Waals surface area contributed by atoms with Gasteiger partial charge in [-0.2, -0.15) is 0 Å². The second kappa shape index (κ2) is 6.66. The third kappa shape index (κ3) is 2.59. The Morgan fingerprint density at radius 3 is 2.25 bits per heavy atom. The van der Waals surface area contributed by atoms with Crippen molar-refractivity contribution in [2.24, 2.45) is 23.7 Å². The first-order valence-corrected chi connectivity index (χ1v) is 11.2. The van der Waals surface area contributed by atoms with Crippen molar-refractivity contribution in [3.63, 3.8) is 0 Å². The lowest BCUT2D eigenvalue weighted by Crippen LogP contribution is -2.39. The van der Waals surface area contributed by atoms with Gasteiger partial charge in [-0.05, 0) is 29.7 Å². The molecule has 1 saturated heterocycles. The van der Waals surface area contributed by atoms with Crippen molar-refractivity contribution in [1.29, 1.82) is 0 Å². The minimum atomic E-state index is -0.351. The van der Waals surface area contributed by atoms with Crippen LogP contribution >= 0.6 is 31.9 Å². The van der Waals surface area contributed by atoms with E-state index < -0.39 is 0 Å². The van der Waals surface area contributed by atoms with Crippen LogP contribution in [0.2, 0.25) is 0 Å². The molecule has 0 radical (unpaired) electrons. The molecule has 1 N–H and O–H groups in total. The molecule has 5 nitrogen and oxygen atoms in total. The molecule has 0 unspecified atom stereocenters. The van der Waals surface area contributed by atoms with Gasteiger partial charge in [0, 0.05) is 20.7 Å². The van der Waals surface area contributed by atoms with Gasteiger partial charge in [-0.3, -0.25) is 19.3 Å². The lowest BCUT2D eigenvalue weighted by atomic mass is 9.81. The summed E-state index contributed by atoms with van der Waals surface area (Å²) in [6.45, 7) is -0.229. The van der Waals surface area contributed by atoms with Crippen molar-refractivity contribution in [1.82, 2.24) is 4.90 Å². The maximum absolute atomic E-state index is 12.9. The van der Waals surface area contributed by atoms with Crippen LogP contribution in [0.1, 0.15) is 6.42 Å². The molecule has 2 bridgehead atoms. The summed E-state index contributed by atoms with van der Waals surface area (Å²) >= 11 is 7.35. The maximum Gasteiger partial charge on any atom is 0.244 e. The first-order chi connectivity index (χ1) is 13.5. The minimum Gasteiger partial charge on any atom is -0.324 e. The summed E-state index contributed by atoms with van der Waals surface area (Å²) in [6.07, 6.45) is 0.884. The summed E-state index contributed by atoms with van der Waals surface area (Å²) < 4.78 is 0. The average Bonchev–Trinajstić information content (AvgIpc) is 3.29. The Balaban J connectivity index is 1.35. The molecule has 6 atom stereocenters. The number of benzene rings is 2. The predicted octanol–water partition coefficient (Wildman–Crippen LogP) is 3.56. The summed E-state index contributed by atoms with van der Waals surface area (Å²) in [5.74, 6) is -1.01. The second-order valence-corrected chi connectivity index (χ2v) is 9.96. The molecule has 144 valence electrons. The van der Waals surface area contributed by atoms with Crippen LogP contribution in [0.3, 0.4) is 0 Å². The average molecular weight is 506 g/mol. The monoisotopic (exact) mass is 504 g/mol. The van der Waals surface area contributed by atoms with E-state index >= 15 is 0 Å². The zero-order chi connectivity index (χ0) is 19.6. The Bertz CT molecular complexity index is 973. The first-order valence-electron chi connectivity index (χ1n) is 9.38. The highest BCUT2D eigenvalue weighted by atomic mass is 79.9. The Morgan fingerprint density at radius 1 is 0.964 bits per heavy atom. The van der Waals surface area contributed by atoms with Gasteiger partial charge in [0.2, 0.25) is 17.7 Å². The third-order valence-electron chi connectivity index (χ3n) is 6.44. The van der Waals surface area contributed by atoms with Crippen molar-refractivity contribution in [2.75, 3.05) is 11.9 Å². The van der Waals surface area contributed by atoms with E-state index in [1.165, 1.54) is 4.90 Å². The van der Waals surface area contributed by atoms with E-state index in [0.29, 0.717) is 5.69 Å². The molecule has 1 heterocycles. The van der Waals surface area contributed by atoms with E-state index in [2.05, 4.69) is 37.2 Å².